The van der Waals surface area contributed by atoms with Gasteiger partial charge in [0.05, 0.1) is 5.01 Å². The number of thiazole rings is 1. The van der Waals surface area contributed by atoms with Crippen LogP contribution in [0.1, 0.15) is 74.6 Å². The van der Waals surface area contributed by atoms with Crippen LogP contribution >= 0.6 is 11.3 Å². The SMILES string of the molecule is Cc1ncc(C2CCCCCC(C)(C)CC2)s1. The van der Waals surface area contributed by atoms with Crippen LogP contribution < -0.4 is 0 Å². The molecule has 1 fully saturated rings. The molecule has 0 aromatic carbocycles. The molecule has 2 heteroatoms. The molecule has 1 nitrogen and oxygen atoms in total. The summed E-state index contributed by atoms with van der Waals surface area (Å²) >= 11 is 1.91. The van der Waals surface area contributed by atoms with Gasteiger partial charge in [-0.15, -0.1) is 11.3 Å². The minimum atomic E-state index is 0.544. The zero-order valence-electron chi connectivity index (χ0n) is 11.5. The van der Waals surface area contributed by atoms with Gasteiger partial charge in [-0.2, -0.15) is 0 Å². The Morgan fingerprint density at radius 2 is 2.00 bits per heavy atom. The van der Waals surface area contributed by atoms with Gasteiger partial charge in [0, 0.05) is 11.1 Å². The van der Waals surface area contributed by atoms with E-state index >= 15 is 0 Å². The third kappa shape index (κ3) is 3.80. The zero-order chi connectivity index (χ0) is 12.3. The Kier molecular flexibility index (Phi) is 4.24. The molecule has 0 spiro atoms. The Morgan fingerprint density at radius 3 is 2.71 bits per heavy atom. The molecule has 1 aromatic rings. The Balaban J connectivity index is 2.05. The van der Waals surface area contributed by atoms with Gasteiger partial charge in [-0.05, 0) is 43.9 Å². The van der Waals surface area contributed by atoms with Crippen LogP contribution in [0.25, 0.3) is 0 Å². The summed E-state index contributed by atoms with van der Waals surface area (Å²) in [5.74, 6) is 0.776. The van der Waals surface area contributed by atoms with E-state index in [4.69, 9.17) is 0 Å². The van der Waals surface area contributed by atoms with Crippen molar-refractivity contribution < 1.29 is 0 Å². The summed E-state index contributed by atoms with van der Waals surface area (Å²) in [7, 11) is 0. The van der Waals surface area contributed by atoms with Gasteiger partial charge in [0.2, 0.25) is 0 Å². The van der Waals surface area contributed by atoms with Crippen LogP contribution in [0.5, 0.6) is 0 Å². The highest BCUT2D eigenvalue weighted by Crippen LogP contribution is 2.39. The van der Waals surface area contributed by atoms with Crippen molar-refractivity contribution in [1.82, 2.24) is 4.98 Å². The van der Waals surface area contributed by atoms with Gasteiger partial charge in [-0.3, -0.25) is 0 Å². The molecule has 1 heterocycles. The molecule has 0 radical (unpaired) electrons. The number of hydrogen-bond donors (Lipinski definition) is 0. The van der Waals surface area contributed by atoms with Gasteiger partial charge >= 0.3 is 0 Å². The maximum atomic E-state index is 4.42. The summed E-state index contributed by atoms with van der Waals surface area (Å²) < 4.78 is 0. The molecule has 0 bridgehead atoms. The highest BCUT2D eigenvalue weighted by Gasteiger charge is 2.23. The van der Waals surface area contributed by atoms with Crippen LogP contribution in [0.15, 0.2) is 6.20 Å². The van der Waals surface area contributed by atoms with E-state index in [1.165, 1.54) is 54.8 Å². The van der Waals surface area contributed by atoms with Crippen molar-refractivity contribution in [3.05, 3.63) is 16.1 Å². The summed E-state index contributed by atoms with van der Waals surface area (Å²) in [5.41, 5.74) is 0.544. The van der Waals surface area contributed by atoms with E-state index < -0.39 is 0 Å². The van der Waals surface area contributed by atoms with Crippen molar-refractivity contribution in [1.29, 1.82) is 0 Å². The topological polar surface area (TPSA) is 12.9 Å². The first kappa shape index (κ1) is 13.1. The predicted molar refractivity (Wildman–Crippen MR) is 75.7 cm³/mol. The zero-order valence-corrected chi connectivity index (χ0v) is 12.3. The van der Waals surface area contributed by atoms with E-state index in [2.05, 4.69) is 32.0 Å². The standard InChI is InChI=1S/C15H25NS/c1-12-16-11-14(17-12)13-7-5-4-6-9-15(2,3)10-8-13/h11,13H,4-10H2,1-3H3. The minimum absolute atomic E-state index is 0.544. The fraction of sp³-hybridized carbons (Fsp3) is 0.800. The van der Waals surface area contributed by atoms with Crippen LogP contribution in [-0.4, -0.2) is 4.98 Å². The van der Waals surface area contributed by atoms with Gasteiger partial charge in [0.25, 0.3) is 0 Å². The fourth-order valence-electron chi connectivity index (χ4n) is 2.86. The second-order valence-corrected chi connectivity index (χ2v) is 7.55. The first-order valence-electron chi connectivity index (χ1n) is 6.99. The van der Waals surface area contributed by atoms with E-state index in [0.717, 1.165) is 5.92 Å². The van der Waals surface area contributed by atoms with Gasteiger partial charge in [-0.1, -0.05) is 33.1 Å². The summed E-state index contributed by atoms with van der Waals surface area (Å²) in [5, 5.41) is 1.22. The van der Waals surface area contributed by atoms with Crippen LogP contribution in [0.3, 0.4) is 0 Å². The first-order valence-corrected chi connectivity index (χ1v) is 7.81. The smallest absolute Gasteiger partial charge is 0.0896 e. The molecule has 0 amide bonds. The Bertz CT molecular complexity index is 354. The Hall–Kier alpha value is -0.370. The molecule has 0 aliphatic heterocycles. The maximum Gasteiger partial charge on any atom is 0.0896 e. The number of aryl methyl sites for hydroxylation is 1. The molecule has 1 aromatic heterocycles. The van der Waals surface area contributed by atoms with E-state index in [9.17, 15) is 0 Å². The summed E-state index contributed by atoms with van der Waals surface area (Å²) in [6.07, 6.45) is 11.9. The van der Waals surface area contributed by atoms with Crippen LogP contribution in [0.4, 0.5) is 0 Å². The Labute approximate surface area is 110 Å². The quantitative estimate of drug-likeness (QED) is 0.659. The molecule has 1 aliphatic rings. The molecular formula is C15H25NS. The van der Waals surface area contributed by atoms with E-state index in [0.29, 0.717) is 5.41 Å². The molecule has 96 valence electrons. The molecule has 0 N–H and O–H groups in total. The minimum Gasteiger partial charge on any atom is -0.250 e. The van der Waals surface area contributed by atoms with Crippen molar-refractivity contribution in [2.45, 2.75) is 71.6 Å². The normalized spacial score (nSPS) is 25.9. The van der Waals surface area contributed by atoms with Crippen molar-refractivity contribution in [2.75, 3.05) is 0 Å². The first-order chi connectivity index (χ1) is 8.07. The van der Waals surface area contributed by atoms with Gasteiger partial charge in [0.1, 0.15) is 0 Å². The lowest BCUT2D eigenvalue weighted by Gasteiger charge is -2.25. The van der Waals surface area contributed by atoms with Crippen LogP contribution in [0.2, 0.25) is 0 Å². The fourth-order valence-corrected chi connectivity index (χ4v) is 3.81. The molecule has 1 unspecified atom stereocenters. The summed E-state index contributed by atoms with van der Waals surface area (Å²) in [6, 6.07) is 0. The van der Waals surface area contributed by atoms with Gasteiger partial charge in [-0.25, -0.2) is 4.98 Å². The highest BCUT2D eigenvalue weighted by atomic mass is 32.1. The molecule has 0 saturated heterocycles. The van der Waals surface area contributed by atoms with Gasteiger partial charge in [0.15, 0.2) is 0 Å². The number of hydrogen-bond acceptors (Lipinski definition) is 2. The van der Waals surface area contributed by atoms with Crippen molar-refractivity contribution >= 4 is 11.3 Å². The second-order valence-electron chi connectivity index (χ2n) is 6.28. The molecule has 1 atom stereocenters. The molecule has 17 heavy (non-hydrogen) atoms. The third-order valence-corrected chi connectivity index (χ3v) is 5.19. The third-order valence-electron chi connectivity index (χ3n) is 4.12. The lowest BCUT2D eigenvalue weighted by Crippen LogP contribution is -2.11. The average molecular weight is 251 g/mol. The predicted octanol–water partition coefficient (Wildman–Crippen LogP) is 5.31. The average Bonchev–Trinajstić information content (AvgIpc) is 2.70. The second kappa shape index (κ2) is 5.51. The summed E-state index contributed by atoms with van der Waals surface area (Å²) in [6.45, 7) is 6.99. The number of rotatable bonds is 1. The number of nitrogens with zero attached hydrogens (tertiary/aromatic N) is 1. The molecular weight excluding hydrogens is 226 g/mol. The van der Waals surface area contributed by atoms with E-state index in [1.54, 1.807) is 0 Å². The van der Waals surface area contributed by atoms with Gasteiger partial charge < -0.3 is 0 Å². The number of aromatic nitrogens is 1. The van der Waals surface area contributed by atoms with Crippen LogP contribution in [0, 0.1) is 12.3 Å². The summed E-state index contributed by atoms with van der Waals surface area (Å²) in [4.78, 5) is 5.95. The Morgan fingerprint density at radius 1 is 1.18 bits per heavy atom. The molecule has 1 saturated carbocycles. The molecule has 1 aliphatic carbocycles. The van der Waals surface area contributed by atoms with Crippen molar-refractivity contribution in [2.24, 2.45) is 5.41 Å². The van der Waals surface area contributed by atoms with E-state index in [1.807, 2.05) is 11.3 Å². The maximum absolute atomic E-state index is 4.42. The lowest BCUT2D eigenvalue weighted by atomic mass is 9.81. The monoisotopic (exact) mass is 251 g/mol. The largest absolute Gasteiger partial charge is 0.250 e. The van der Waals surface area contributed by atoms with Crippen molar-refractivity contribution in [3.63, 3.8) is 0 Å². The lowest BCUT2D eigenvalue weighted by molar-refractivity contribution is 0.288. The van der Waals surface area contributed by atoms with Crippen LogP contribution in [-0.2, 0) is 0 Å². The van der Waals surface area contributed by atoms with Crippen molar-refractivity contribution in [3.8, 4) is 0 Å². The molecule has 2 rings (SSSR count). The highest BCUT2D eigenvalue weighted by molar-refractivity contribution is 7.11. The van der Waals surface area contributed by atoms with E-state index in [-0.39, 0.29) is 0 Å².